The Bertz CT molecular complexity index is 375. The van der Waals surface area contributed by atoms with Crippen LogP contribution in [0.2, 0.25) is 0 Å². The average molecular weight is 251 g/mol. The van der Waals surface area contributed by atoms with Crippen molar-refractivity contribution < 1.29 is 0 Å². The molecule has 0 N–H and O–H groups in total. The van der Waals surface area contributed by atoms with Gasteiger partial charge in [-0.25, -0.2) is 4.98 Å². The maximum atomic E-state index is 8.81. The number of rotatable bonds is 7. The molecule has 1 heterocycles. The van der Waals surface area contributed by atoms with E-state index < -0.39 is 0 Å². The summed E-state index contributed by atoms with van der Waals surface area (Å²) in [6, 6.07) is 2.23. The van der Waals surface area contributed by atoms with Crippen LogP contribution in [0.3, 0.4) is 0 Å². The van der Waals surface area contributed by atoms with Crippen molar-refractivity contribution >= 4 is 11.3 Å². The van der Waals surface area contributed by atoms with Crippen molar-refractivity contribution in [2.24, 2.45) is 0 Å². The third-order valence-corrected chi connectivity index (χ3v) is 3.88. The van der Waals surface area contributed by atoms with Crippen molar-refractivity contribution in [2.75, 3.05) is 13.1 Å². The molecule has 0 atom stereocenters. The number of hydrogen-bond donors (Lipinski definition) is 0. The highest BCUT2D eigenvalue weighted by molar-refractivity contribution is 7.11. The minimum atomic E-state index is 0.505. The second kappa shape index (κ2) is 7.41. The molecule has 0 aliphatic carbocycles. The van der Waals surface area contributed by atoms with Gasteiger partial charge in [0, 0.05) is 4.88 Å². The molecule has 3 nitrogen and oxygen atoms in total. The molecule has 0 saturated heterocycles. The first kappa shape index (κ1) is 14.1. The molecular formula is C13H21N3S. The minimum Gasteiger partial charge on any atom is -0.297 e. The zero-order chi connectivity index (χ0) is 12.7. The Morgan fingerprint density at radius 2 is 2.00 bits per heavy atom. The van der Waals surface area contributed by atoms with Crippen molar-refractivity contribution in [2.45, 2.75) is 46.6 Å². The standard InChI is InChI=1S/C13H21N3S/c1-4-7-11-12(8-9-14)17-13(15-11)10-16(5-2)6-3/h4-8,10H2,1-3H3. The second-order valence-electron chi connectivity index (χ2n) is 4.02. The molecule has 0 saturated carbocycles. The first-order valence-electron chi connectivity index (χ1n) is 6.31. The summed E-state index contributed by atoms with van der Waals surface area (Å²) in [7, 11) is 0. The molecule has 94 valence electrons. The normalized spacial score (nSPS) is 10.8. The summed E-state index contributed by atoms with van der Waals surface area (Å²) in [4.78, 5) is 8.20. The predicted molar refractivity (Wildman–Crippen MR) is 72.1 cm³/mol. The fourth-order valence-electron chi connectivity index (χ4n) is 1.78. The highest BCUT2D eigenvalue weighted by Crippen LogP contribution is 2.21. The Kier molecular flexibility index (Phi) is 6.17. The highest BCUT2D eigenvalue weighted by Gasteiger charge is 2.12. The van der Waals surface area contributed by atoms with E-state index in [1.165, 1.54) is 0 Å². The lowest BCUT2D eigenvalue weighted by atomic mass is 10.2. The van der Waals surface area contributed by atoms with Gasteiger partial charge in [-0.3, -0.25) is 4.90 Å². The fraction of sp³-hybridized carbons (Fsp3) is 0.692. The molecule has 0 radical (unpaired) electrons. The average Bonchev–Trinajstić information content (AvgIpc) is 2.69. The molecule has 0 unspecified atom stereocenters. The lowest BCUT2D eigenvalue weighted by molar-refractivity contribution is 0.295. The number of thiazole rings is 1. The number of hydrogen-bond acceptors (Lipinski definition) is 4. The van der Waals surface area contributed by atoms with Gasteiger partial charge in [0.05, 0.1) is 24.7 Å². The van der Waals surface area contributed by atoms with Gasteiger partial charge in [0.2, 0.25) is 0 Å². The Labute approximate surface area is 108 Å². The molecule has 4 heteroatoms. The Hall–Kier alpha value is -0.920. The van der Waals surface area contributed by atoms with E-state index in [2.05, 4.69) is 36.7 Å². The lowest BCUT2D eigenvalue weighted by Gasteiger charge is -2.15. The molecule has 1 aromatic heterocycles. The van der Waals surface area contributed by atoms with Crippen LogP contribution in [0.1, 0.15) is 42.8 Å². The van der Waals surface area contributed by atoms with E-state index in [0.29, 0.717) is 6.42 Å². The smallest absolute Gasteiger partial charge is 0.107 e. The van der Waals surface area contributed by atoms with Crippen LogP contribution in [-0.2, 0) is 19.4 Å². The van der Waals surface area contributed by atoms with E-state index in [0.717, 1.165) is 48.1 Å². The molecule has 1 aromatic rings. The summed E-state index contributed by atoms with van der Waals surface area (Å²) in [5, 5.41) is 9.97. The number of nitrogens with zero attached hydrogens (tertiary/aromatic N) is 3. The van der Waals surface area contributed by atoms with Gasteiger partial charge in [-0.1, -0.05) is 27.2 Å². The summed E-state index contributed by atoms with van der Waals surface area (Å²) in [5.41, 5.74) is 1.14. The monoisotopic (exact) mass is 251 g/mol. The first-order chi connectivity index (χ1) is 8.24. The maximum absolute atomic E-state index is 8.81. The molecule has 17 heavy (non-hydrogen) atoms. The van der Waals surface area contributed by atoms with E-state index in [9.17, 15) is 0 Å². The summed E-state index contributed by atoms with van der Waals surface area (Å²) in [5.74, 6) is 0. The minimum absolute atomic E-state index is 0.505. The van der Waals surface area contributed by atoms with Crippen molar-refractivity contribution in [3.63, 3.8) is 0 Å². The van der Waals surface area contributed by atoms with Crippen LogP contribution < -0.4 is 0 Å². The number of aromatic nitrogens is 1. The van der Waals surface area contributed by atoms with Crippen molar-refractivity contribution in [1.29, 1.82) is 5.26 Å². The van der Waals surface area contributed by atoms with Crippen LogP contribution in [0.25, 0.3) is 0 Å². The quantitative estimate of drug-likeness (QED) is 0.748. The molecule has 0 amide bonds. The van der Waals surface area contributed by atoms with E-state index in [1.54, 1.807) is 11.3 Å². The molecule has 0 aliphatic rings. The third-order valence-electron chi connectivity index (χ3n) is 2.80. The van der Waals surface area contributed by atoms with Gasteiger partial charge >= 0.3 is 0 Å². The van der Waals surface area contributed by atoms with Gasteiger partial charge in [0.1, 0.15) is 5.01 Å². The van der Waals surface area contributed by atoms with Crippen LogP contribution >= 0.6 is 11.3 Å². The fourth-order valence-corrected chi connectivity index (χ4v) is 2.87. The first-order valence-corrected chi connectivity index (χ1v) is 7.13. The Morgan fingerprint density at radius 1 is 1.29 bits per heavy atom. The number of aryl methyl sites for hydroxylation is 1. The van der Waals surface area contributed by atoms with Gasteiger partial charge in [-0.15, -0.1) is 11.3 Å². The molecule has 0 aromatic carbocycles. The zero-order valence-electron chi connectivity index (χ0n) is 11.0. The van der Waals surface area contributed by atoms with E-state index in [-0.39, 0.29) is 0 Å². The maximum Gasteiger partial charge on any atom is 0.107 e. The Morgan fingerprint density at radius 3 is 2.53 bits per heavy atom. The van der Waals surface area contributed by atoms with E-state index in [4.69, 9.17) is 5.26 Å². The van der Waals surface area contributed by atoms with Gasteiger partial charge in [0.15, 0.2) is 0 Å². The Balaban J connectivity index is 2.80. The van der Waals surface area contributed by atoms with Gasteiger partial charge in [-0.05, 0) is 19.5 Å². The van der Waals surface area contributed by atoms with Crippen molar-refractivity contribution in [1.82, 2.24) is 9.88 Å². The lowest BCUT2D eigenvalue weighted by Crippen LogP contribution is -2.21. The van der Waals surface area contributed by atoms with Crippen molar-refractivity contribution in [3.8, 4) is 6.07 Å². The summed E-state index contributed by atoms with van der Waals surface area (Å²) >= 11 is 1.71. The summed E-state index contributed by atoms with van der Waals surface area (Å²) in [6.45, 7) is 9.50. The molecule has 1 rings (SSSR count). The van der Waals surface area contributed by atoms with E-state index >= 15 is 0 Å². The molecule has 0 fully saturated rings. The van der Waals surface area contributed by atoms with Crippen LogP contribution in [0.5, 0.6) is 0 Å². The third kappa shape index (κ3) is 4.10. The van der Waals surface area contributed by atoms with Crippen LogP contribution in [0.15, 0.2) is 0 Å². The van der Waals surface area contributed by atoms with Crippen molar-refractivity contribution in [3.05, 3.63) is 15.6 Å². The van der Waals surface area contributed by atoms with E-state index in [1.807, 2.05) is 0 Å². The van der Waals surface area contributed by atoms with Gasteiger partial charge < -0.3 is 0 Å². The molecular weight excluding hydrogens is 230 g/mol. The molecule has 0 bridgehead atoms. The van der Waals surface area contributed by atoms with Crippen LogP contribution in [-0.4, -0.2) is 23.0 Å². The second-order valence-corrected chi connectivity index (χ2v) is 5.19. The molecule has 0 spiro atoms. The van der Waals surface area contributed by atoms with Gasteiger partial charge in [0.25, 0.3) is 0 Å². The van der Waals surface area contributed by atoms with Crippen LogP contribution in [0.4, 0.5) is 0 Å². The summed E-state index contributed by atoms with van der Waals surface area (Å²) in [6.07, 6.45) is 2.59. The SMILES string of the molecule is CCCc1nc(CN(CC)CC)sc1CC#N. The predicted octanol–water partition coefficient (Wildman–Crippen LogP) is 3.00. The van der Waals surface area contributed by atoms with Gasteiger partial charge in [-0.2, -0.15) is 5.26 Å². The summed E-state index contributed by atoms with van der Waals surface area (Å²) < 4.78 is 0. The largest absolute Gasteiger partial charge is 0.297 e. The topological polar surface area (TPSA) is 39.9 Å². The zero-order valence-corrected chi connectivity index (χ0v) is 11.8. The highest BCUT2D eigenvalue weighted by atomic mass is 32.1. The number of nitriles is 1. The van der Waals surface area contributed by atoms with Crippen LogP contribution in [0, 0.1) is 11.3 Å². The molecule has 0 aliphatic heterocycles.